The number of anilines is 2. The van der Waals surface area contributed by atoms with E-state index in [4.69, 9.17) is 11.5 Å². The van der Waals surface area contributed by atoms with Crippen molar-refractivity contribution < 1.29 is 4.79 Å². The maximum absolute atomic E-state index is 11.8. The summed E-state index contributed by atoms with van der Waals surface area (Å²) in [5.74, 6) is -0.396. The second-order valence-electron chi connectivity index (χ2n) is 4.31. The van der Waals surface area contributed by atoms with Gasteiger partial charge in [-0.1, -0.05) is 12.1 Å². The molecule has 0 unspecified atom stereocenters. The van der Waals surface area contributed by atoms with Gasteiger partial charge in [0.2, 0.25) is 5.91 Å². The normalized spacial score (nSPS) is 10.2. The zero-order valence-corrected chi connectivity index (χ0v) is 10.7. The molecule has 0 aliphatic carbocycles. The van der Waals surface area contributed by atoms with E-state index in [1.54, 1.807) is 18.2 Å². The first-order valence-corrected chi connectivity index (χ1v) is 5.97. The van der Waals surface area contributed by atoms with Gasteiger partial charge in [0.05, 0.1) is 6.54 Å². The zero-order valence-electron chi connectivity index (χ0n) is 10.7. The zero-order chi connectivity index (χ0) is 14.5. The number of nitrogens with two attached hydrogens (primary N) is 2. The lowest BCUT2D eigenvalue weighted by molar-refractivity contribution is -0.116. The monoisotopic (exact) mass is 273 g/mol. The highest BCUT2D eigenvalue weighted by atomic mass is 16.1. The van der Waals surface area contributed by atoms with E-state index in [0.29, 0.717) is 12.2 Å². The number of primary amides is 1. The minimum atomic E-state index is -0.543. The number of H-pyrrole nitrogens is 1. The molecule has 7 nitrogen and oxygen atoms in total. The smallest absolute Gasteiger partial charge is 0.290 e. The standard InChI is InChI=1S/C13H15N5O2/c14-10-3-1-2-9(6-10)7-18(8-11(15)19)12-13(20)17-5-4-16-12/h1-6H,7-8,14H2,(H2,15,19)(H,17,20). The third-order valence-corrected chi connectivity index (χ3v) is 2.66. The molecular formula is C13H15N5O2. The van der Waals surface area contributed by atoms with Gasteiger partial charge in [-0.3, -0.25) is 9.59 Å². The molecule has 104 valence electrons. The van der Waals surface area contributed by atoms with Crippen molar-refractivity contribution in [1.82, 2.24) is 9.97 Å². The predicted molar refractivity (Wildman–Crippen MR) is 76.0 cm³/mol. The van der Waals surface area contributed by atoms with Crippen LogP contribution in [0.15, 0.2) is 41.5 Å². The van der Waals surface area contributed by atoms with Crippen molar-refractivity contribution in [2.45, 2.75) is 6.54 Å². The predicted octanol–water partition coefficient (Wildman–Crippen LogP) is -0.156. The van der Waals surface area contributed by atoms with E-state index in [-0.39, 0.29) is 17.9 Å². The molecule has 20 heavy (non-hydrogen) atoms. The third kappa shape index (κ3) is 3.35. The van der Waals surface area contributed by atoms with Crippen LogP contribution in [-0.4, -0.2) is 22.4 Å². The first-order valence-electron chi connectivity index (χ1n) is 5.97. The Kier molecular flexibility index (Phi) is 3.99. The van der Waals surface area contributed by atoms with Crippen molar-refractivity contribution in [1.29, 1.82) is 0 Å². The number of carbonyl (C=O) groups is 1. The molecule has 1 amide bonds. The first kappa shape index (κ1) is 13.6. The largest absolute Gasteiger partial charge is 0.399 e. The molecule has 1 heterocycles. The molecule has 1 aromatic carbocycles. The first-order chi connectivity index (χ1) is 9.56. The van der Waals surface area contributed by atoms with Gasteiger partial charge in [-0.25, -0.2) is 4.98 Å². The number of nitrogen functional groups attached to an aromatic ring is 1. The number of carbonyl (C=O) groups excluding carboxylic acids is 1. The van der Waals surface area contributed by atoms with Crippen molar-refractivity contribution in [3.63, 3.8) is 0 Å². The van der Waals surface area contributed by atoms with Gasteiger partial charge in [-0.15, -0.1) is 0 Å². The van der Waals surface area contributed by atoms with Crippen LogP contribution < -0.4 is 21.9 Å². The Labute approximate surface area is 115 Å². The highest BCUT2D eigenvalue weighted by Crippen LogP contribution is 2.12. The van der Waals surface area contributed by atoms with Crippen LogP contribution in [0.25, 0.3) is 0 Å². The van der Waals surface area contributed by atoms with Gasteiger partial charge in [0.15, 0.2) is 5.82 Å². The van der Waals surface area contributed by atoms with Crippen molar-refractivity contribution in [2.75, 3.05) is 17.2 Å². The van der Waals surface area contributed by atoms with Gasteiger partial charge in [-0.2, -0.15) is 0 Å². The van der Waals surface area contributed by atoms with E-state index in [0.717, 1.165) is 5.56 Å². The Balaban J connectivity index is 2.31. The molecule has 0 fully saturated rings. The Morgan fingerprint density at radius 3 is 2.85 bits per heavy atom. The van der Waals surface area contributed by atoms with Crippen molar-refractivity contribution in [3.8, 4) is 0 Å². The summed E-state index contributed by atoms with van der Waals surface area (Å²) in [5, 5.41) is 0. The minimum Gasteiger partial charge on any atom is -0.399 e. The topological polar surface area (TPSA) is 118 Å². The number of amides is 1. The Hall–Kier alpha value is -2.83. The number of benzene rings is 1. The van der Waals surface area contributed by atoms with Gasteiger partial charge in [0.25, 0.3) is 5.56 Å². The van der Waals surface area contributed by atoms with Crippen LogP contribution in [0.1, 0.15) is 5.56 Å². The number of nitrogens with zero attached hydrogens (tertiary/aromatic N) is 2. The van der Waals surface area contributed by atoms with E-state index in [2.05, 4.69) is 9.97 Å². The second-order valence-corrected chi connectivity index (χ2v) is 4.31. The van der Waals surface area contributed by atoms with Crippen LogP contribution in [0.3, 0.4) is 0 Å². The van der Waals surface area contributed by atoms with Gasteiger partial charge < -0.3 is 21.4 Å². The number of rotatable bonds is 5. The fourth-order valence-corrected chi connectivity index (χ4v) is 1.87. The van der Waals surface area contributed by atoms with Crippen LogP contribution in [-0.2, 0) is 11.3 Å². The number of aromatic amines is 1. The summed E-state index contributed by atoms with van der Waals surface area (Å²) in [7, 11) is 0. The summed E-state index contributed by atoms with van der Waals surface area (Å²) >= 11 is 0. The molecule has 0 spiro atoms. The average molecular weight is 273 g/mol. The quantitative estimate of drug-likeness (QED) is 0.654. The summed E-state index contributed by atoms with van der Waals surface area (Å²) < 4.78 is 0. The van der Waals surface area contributed by atoms with Crippen LogP contribution in [0.2, 0.25) is 0 Å². The third-order valence-electron chi connectivity index (χ3n) is 2.66. The molecule has 1 aromatic heterocycles. The molecule has 5 N–H and O–H groups in total. The van der Waals surface area contributed by atoms with Crippen LogP contribution in [0.5, 0.6) is 0 Å². The maximum Gasteiger partial charge on any atom is 0.290 e. The van der Waals surface area contributed by atoms with Crippen LogP contribution in [0, 0.1) is 0 Å². The second kappa shape index (κ2) is 5.87. The Morgan fingerprint density at radius 1 is 1.40 bits per heavy atom. The molecule has 2 rings (SSSR count). The lowest BCUT2D eigenvalue weighted by Gasteiger charge is -2.21. The van der Waals surface area contributed by atoms with E-state index >= 15 is 0 Å². The summed E-state index contributed by atoms with van der Waals surface area (Å²) in [6.45, 7) is 0.211. The Morgan fingerprint density at radius 2 is 2.20 bits per heavy atom. The van der Waals surface area contributed by atoms with E-state index in [1.807, 2.05) is 6.07 Å². The molecule has 0 aliphatic heterocycles. The fourth-order valence-electron chi connectivity index (χ4n) is 1.87. The number of hydrogen-bond donors (Lipinski definition) is 3. The van der Waals surface area contributed by atoms with E-state index in [9.17, 15) is 9.59 Å². The Bertz CT molecular complexity index is 668. The molecule has 0 saturated heterocycles. The van der Waals surface area contributed by atoms with E-state index in [1.165, 1.54) is 17.3 Å². The summed E-state index contributed by atoms with van der Waals surface area (Å²) in [4.78, 5) is 30.9. The maximum atomic E-state index is 11.8. The van der Waals surface area contributed by atoms with Crippen LogP contribution in [0.4, 0.5) is 11.5 Å². The number of hydrogen-bond acceptors (Lipinski definition) is 5. The van der Waals surface area contributed by atoms with Gasteiger partial charge >= 0.3 is 0 Å². The molecular weight excluding hydrogens is 258 g/mol. The van der Waals surface area contributed by atoms with Crippen molar-refractivity contribution in [3.05, 3.63) is 52.6 Å². The molecule has 2 aromatic rings. The number of nitrogens with one attached hydrogen (secondary N) is 1. The average Bonchev–Trinajstić information content (AvgIpc) is 2.38. The molecule has 7 heteroatoms. The molecule has 0 saturated carbocycles. The lowest BCUT2D eigenvalue weighted by Crippen LogP contribution is -2.37. The fraction of sp³-hybridized carbons (Fsp3) is 0.154. The SMILES string of the molecule is NC(=O)CN(Cc1cccc(N)c1)c1ncc[nH]c1=O. The highest BCUT2D eigenvalue weighted by Gasteiger charge is 2.14. The van der Waals surface area contributed by atoms with Gasteiger partial charge in [0, 0.05) is 24.6 Å². The van der Waals surface area contributed by atoms with Crippen LogP contribution >= 0.6 is 0 Å². The number of aromatic nitrogens is 2. The molecule has 0 bridgehead atoms. The van der Waals surface area contributed by atoms with Crippen molar-refractivity contribution in [2.24, 2.45) is 5.73 Å². The van der Waals surface area contributed by atoms with Gasteiger partial charge in [0.1, 0.15) is 0 Å². The lowest BCUT2D eigenvalue weighted by atomic mass is 10.2. The minimum absolute atomic E-state index is 0.102. The summed E-state index contributed by atoms with van der Waals surface area (Å²) in [6.07, 6.45) is 2.87. The molecule has 0 radical (unpaired) electrons. The molecule has 0 aliphatic rings. The molecule has 0 atom stereocenters. The highest BCUT2D eigenvalue weighted by molar-refractivity contribution is 5.79. The summed E-state index contributed by atoms with van der Waals surface area (Å²) in [5.41, 5.74) is 12.0. The van der Waals surface area contributed by atoms with E-state index < -0.39 is 5.91 Å². The van der Waals surface area contributed by atoms with Crippen molar-refractivity contribution >= 4 is 17.4 Å². The summed E-state index contributed by atoms with van der Waals surface area (Å²) in [6, 6.07) is 7.18. The van der Waals surface area contributed by atoms with Gasteiger partial charge in [-0.05, 0) is 17.7 Å².